The minimum Gasteiger partial charge on any atom is -0.228 e. The number of rotatable bonds is 7. The van der Waals surface area contributed by atoms with Crippen LogP contribution in [-0.2, 0) is 0 Å². The first kappa shape index (κ1) is 37.1. The van der Waals surface area contributed by atoms with Crippen LogP contribution in [-0.4, -0.2) is 24.9 Å². The van der Waals surface area contributed by atoms with Crippen molar-refractivity contribution in [1.29, 1.82) is 0 Å². The maximum absolute atomic E-state index is 5.34. The van der Waals surface area contributed by atoms with Crippen molar-refractivity contribution < 1.29 is 0 Å². The van der Waals surface area contributed by atoms with Crippen LogP contribution in [0.25, 0.3) is 122 Å². The van der Waals surface area contributed by atoms with Gasteiger partial charge in [-0.25, -0.2) is 24.9 Å². The molecule has 0 bridgehead atoms. The van der Waals surface area contributed by atoms with E-state index < -0.39 is 0 Å². The summed E-state index contributed by atoms with van der Waals surface area (Å²) in [5.74, 6) is 2.59. The van der Waals surface area contributed by atoms with E-state index in [1.807, 2.05) is 60.7 Å². The molecular weight excluding hydrogens is 779 g/mol. The van der Waals surface area contributed by atoms with Gasteiger partial charge in [-0.1, -0.05) is 200 Å². The fourth-order valence-corrected chi connectivity index (χ4v) is 8.95. The Bertz CT molecular complexity index is 3580. The number of nitrogens with zero attached hydrogens (tertiary/aromatic N) is 5. The van der Waals surface area contributed by atoms with Gasteiger partial charge in [0.2, 0.25) is 0 Å². The summed E-state index contributed by atoms with van der Waals surface area (Å²) in [6.45, 7) is 0. The van der Waals surface area contributed by atoms with Crippen molar-refractivity contribution >= 4 is 43.1 Å². The summed E-state index contributed by atoms with van der Waals surface area (Å²) < 4.78 is 0. The Hall–Kier alpha value is -8.67. The van der Waals surface area contributed by atoms with Crippen molar-refractivity contribution in [3.8, 4) is 79.2 Å². The molecule has 0 fully saturated rings. The quantitative estimate of drug-likeness (QED) is 0.160. The molecule has 10 aromatic carbocycles. The van der Waals surface area contributed by atoms with Crippen LogP contribution in [0.4, 0.5) is 0 Å². The molecule has 12 rings (SSSR count). The van der Waals surface area contributed by atoms with E-state index in [0.29, 0.717) is 23.3 Å². The second kappa shape index (κ2) is 15.7. The second-order valence-electron chi connectivity index (χ2n) is 16.0. The van der Waals surface area contributed by atoms with Gasteiger partial charge in [0.15, 0.2) is 23.3 Å². The highest BCUT2D eigenvalue weighted by Gasteiger charge is 2.19. The zero-order valence-corrected chi connectivity index (χ0v) is 34.6. The molecule has 64 heavy (non-hydrogen) atoms. The van der Waals surface area contributed by atoms with Crippen LogP contribution < -0.4 is 0 Å². The molecule has 12 aromatic rings. The van der Waals surface area contributed by atoms with E-state index in [2.05, 4.69) is 164 Å². The molecule has 2 aromatic heterocycles. The number of benzene rings is 10. The Morgan fingerprint density at radius 2 is 0.594 bits per heavy atom. The zero-order valence-electron chi connectivity index (χ0n) is 34.6. The van der Waals surface area contributed by atoms with Gasteiger partial charge in [-0.15, -0.1) is 0 Å². The standard InChI is InChI=1S/C59H37N5/c1-3-17-40(18-4-1)56-62-57(41-19-5-2-6-20-41)64-59(63-56)53-34-32-51(47-24-12-14-26-49(47)53)50-31-33-52(48-25-13-11-23-46(48)50)55-37-54(44-29-27-38-15-7-9-21-42(38)35-44)60-58(61-55)45-30-28-39-16-8-10-22-43(39)36-45/h1-37H. The molecule has 0 saturated heterocycles. The lowest BCUT2D eigenvalue weighted by atomic mass is 9.89. The Balaban J connectivity index is 1.02. The Morgan fingerprint density at radius 1 is 0.203 bits per heavy atom. The SMILES string of the molecule is c1ccc(-c2nc(-c3ccccc3)nc(-c3ccc(-c4ccc(-c5cc(-c6ccc7ccccc7c6)nc(-c6ccc7ccccc7c6)n5)c5ccccc45)c4ccccc34)n2)cc1. The monoisotopic (exact) mass is 815 g/mol. The van der Waals surface area contributed by atoms with Gasteiger partial charge in [0.25, 0.3) is 0 Å². The molecule has 0 amide bonds. The van der Waals surface area contributed by atoms with E-state index in [0.717, 1.165) is 82.8 Å². The van der Waals surface area contributed by atoms with Crippen molar-refractivity contribution in [2.24, 2.45) is 0 Å². The molecule has 0 atom stereocenters. The minimum atomic E-state index is 0.629. The molecule has 0 unspecified atom stereocenters. The fraction of sp³-hybridized carbons (Fsp3) is 0. The van der Waals surface area contributed by atoms with E-state index in [1.54, 1.807) is 0 Å². The first-order chi connectivity index (χ1) is 31.7. The molecular formula is C59H37N5. The number of hydrogen-bond acceptors (Lipinski definition) is 5. The van der Waals surface area contributed by atoms with Gasteiger partial charge in [0.05, 0.1) is 11.4 Å². The third kappa shape index (κ3) is 6.73. The summed E-state index contributed by atoms with van der Waals surface area (Å²) in [6, 6.07) is 78.4. The van der Waals surface area contributed by atoms with Gasteiger partial charge < -0.3 is 0 Å². The predicted octanol–water partition coefficient (Wildman–Crippen LogP) is 14.9. The molecule has 2 heterocycles. The highest BCUT2D eigenvalue weighted by atomic mass is 15.0. The van der Waals surface area contributed by atoms with Crippen LogP contribution in [0.5, 0.6) is 0 Å². The van der Waals surface area contributed by atoms with Gasteiger partial charge in [-0.2, -0.15) is 0 Å². The zero-order chi connectivity index (χ0) is 42.4. The van der Waals surface area contributed by atoms with Crippen molar-refractivity contribution in [1.82, 2.24) is 24.9 Å². The fourth-order valence-electron chi connectivity index (χ4n) is 8.95. The molecule has 5 heteroatoms. The minimum absolute atomic E-state index is 0.629. The average Bonchev–Trinajstić information content (AvgIpc) is 3.38. The molecule has 0 aliphatic carbocycles. The molecule has 0 spiro atoms. The summed E-state index contributed by atoms with van der Waals surface area (Å²) >= 11 is 0. The van der Waals surface area contributed by atoms with Gasteiger partial charge in [-0.05, 0) is 78.5 Å². The second-order valence-corrected chi connectivity index (χ2v) is 16.0. The Morgan fingerprint density at radius 3 is 1.17 bits per heavy atom. The highest BCUT2D eigenvalue weighted by Crippen LogP contribution is 2.41. The van der Waals surface area contributed by atoms with Crippen LogP contribution in [0.15, 0.2) is 224 Å². The van der Waals surface area contributed by atoms with Crippen LogP contribution in [0.2, 0.25) is 0 Å². The highest BCUT2D eigenvalue weighted by molar-refractivity contribution is 6.12. The lowest BCUT2D eigenvalue weighted by molar-refractivity contribution is 1.08. The summed E-state index contributed by atoms with van der Waals surface area (Å²) in [5, 5.41) is 9.11. The van der Waals surface area contributed by atoms with Crippen LogP contribution in [0, 0.1) is 0 Å². The van der Waals surface area contributed by atoms with E-state index in [1.165, 1.54) is 16.2 Å². The summed E-state index contributed by atoms with van der Waals surface area (Å²) in [7, 11) is 0. The van der Waals surface area contributed by atoms with Crippen LogP contribution >= 0.6 is 0 Å². The van der Waals surface area contributed by atoms with Crippen molar-refractivity contribution in [2.45, 2.75) is 0 Å². The normalized spacial score (nSPS) is 11.4. The number of fused-ring (bicyclic) bond motifs is 4. The van der Waals surface area contributed by atoms with Crippen molar-refractivity contribution in [3.05, 3.63) is 224 Å². The Kier molecular flexibility index (Phi) is 9.08. The van der Waals surface area contributed by atoms with Crippen molar-refractivity contribution in [3.63, 3.8) is 0 Å². The summed E-state index contributed by atoms with van der Waals surface area (Å²) in [4.78, 5) is 25.7. The Labute approximate surface area is 370 Å². The maximum atomic E-state index is 5.34. The van der Waals surface area contributed by atoms with Gasteiger partial charge >= 0.3 is 0 Å². The summed E-state index contributed by atoms with van der Waals surface area (Å²) in [6.07, 6.45) is 0. The average molecular weight is 816 g/mol. The molecule has 298 valence electrons. The van der Waals surface area contributed by atoms with Crippen LogP contribution in [0.1, 0.15) is 0 Å². The number of hydrogen-bond donors (Lipinski definition) is 0. The van der Waals surface area contributed by atoms with Gasteiger partial charge in [-0.3, -0.25) is 0 Å². The molecule has 0 radical (unpaired) electrons. The van der Waals surface area contributed by atoms with Crippen molar-refractivity contribution in [2.75, 3.05) is 0 Å². The largest absolute Gasteiger partial charge is 0.228 e. The maximum Gasteiger partial charge on any atom is 0.164 e. The van der Waals surface area contributed by atoms with E-state index in [9.17, 15) is 0 Å². The molecule has 0 saturated carbocycles. The predicted molar refractivity (Wildman–Crippen MR) is 263 cm³/mol. The first-order valence-corrected chi connectivity index (χ1v) is 21.5. The molecule has 5 nitrogen and oxygen atoms in total. The van der Waals surface area contributed by atoms with E-state index in [-0.39, 0.29) is 0 Å². The third-order valence-electron chi connectivity index (χ3n) is 12.1. The van der Waals surface area contributed by atoms with Gasteiger partial charge in [0.1, 0.15) is 0 Å². The van der Waals surface area contributed by atoms with Gasteiger partial charge in [0, 0.05) is 33.4 Å². The lowest BCUT2D eigenvalue weighted by Gasteiger charge is -2.16. The molecule has 0 aliphatic heterocycles. The lowest BCUT2D eigenvalue weighted by Crippen LogP contribution is -2.00. The van der Waals surface area contributed by atoms with E-state index >= 15 is 0 Å². The smallest absolute Gasteiger partial charge is 0.164 e. The summed E-state index contributed by atoms with van der Waals surface area (Å²) in [5.41, 5.74) is 9.87. The molecule has 0 N–H and O–H groups in total. The third-order valence-corrected chi connectivity index (χ3v) is 12.1. The molecule has 0 aliphatic rings. The topological polar surface area (TPSA) is 64.5 Å². The van der Waals surface area contributed by atoms with E-state index in [4.69, 9.17) is 24.9 Å². The number of aromatic nitrogens is 5. The first-order valence-electron chi connectivity index (χ1n) is 21.5. The van der Waals surface area contributed by atoms with Crippen LogP contribution in [0.3, 0.4) is 0 Å².